The Hall–Kier alpha value is -2.90. The average molecular weight is 458 g/mol. The first-order valence-electron chi connectivity index (χ1n) is 9.94. The van der Waals surface area contributed by atoms with Crippen molar-refractivity contribution in [1.82, 2.24) is 15.5 Å². The van der Waals surface area contributed by atoms with E-state index in [-0.39, 0.29) is 10.9 Å². The van der Waals surface area contributed by atoms with Crippen molar-refractivity contribution in [2.75, 3.05) is 13.7 Å². The molecule has 3 aromatic rings. The van der Waals surface area contributed by atoms with Crippen molar-refractivity contribution >= 4 is 40.0 Å². The molecule has 0 radical (unpaired) electrons. The number of rotatable bonds is 10. The average Bonchev–Trinajstić information content (AvgIpc) is 3.29. The summed E-state index contributed by atoms with van der Waals surface area (Å²) in [4.78, 5) is 12.4. The van der Waals surface area contributed by atoms with Crippen LogP contribution in [0.1, 0.15) is 45.7 Å². The quantitative estimate of drug-likeness (QED) is 0.413. The molecule has 3 rings (SSSR count). The summed E-state index contributed by atoms with van der Waals surface area (Å²) in [6, 6.07) is 15.2. The zero-order valence-corrected chi connectivity index (χ0v) is 19.0. The second kappa shape index (κ2) is 11.5. The van der Waals surface area contributed by atoms with Crippen LogP contribution in [0.15, 0.2) is 48.5 Å². The van der Waals surface area contributed by atoms with Gasteiger partial charge in [0.05, 0.1) is 18.7 Å². The van der Waals surface area contributed by atoms with Crippen molar-refractivity contribution in [2.45, 2.75) is 26.3 Å². The van der Waals surface area contributed by atoms with Gasteiger partial charge in [-0.1, -0.05) is 72.7 Å². The molecule has 0 spiro atoms. The van der Waals surface area contributed by atoms with Crippen LogP contribution in [-0.2, 0) is 6.54 Å². The molecular weight excluding hydrogens is 434 g/mol. The van der Waals surface area contributed by atoms with Crippen LogP contribution >= 0.6 is 22.9 Å². The van der Waals surface area contributed by atoms with Gasteiger partial charge in [0, 0.05) is 6.54 Å². The van der Waals surface area contributed by atoms with Crippen molar-refractivity contribution in [3.05, 3.63) is 69.7 Å². The van der Waals surface area contributed by atoms with E-state index in [1.165, 1.54) is 0 Å². The fourth-order valence-electron chi connectivity index (χ4n) is 2.70. The summed E-state index contributed by atoms with van der Waals surface area (Å²) >= 11 is 7.59. The fourth-order valence-corrected chi connectivity index (χ4v) is 3.64. The lowest BCUT2D eigenvalue weighted by Gasteiger charge is -2.11. The Kier molecular flexibility index (Phi) is 8.44. The van der Waals surface area contributed by atoms with Gasteiger partial charge in [0.25, 0.3) is 5.91 Å². The largest absolute Gasteiger partial charge is 0.493 e. The number of hydrogen-bond acceptors (Lipinski definition) is 6. The highest BCUT2D eigenvalue weighted by Crippen LogP contribution is 2.31. The molecule has 6 nitrogen and oxygen atoms in total. The van der Waals surface area contributed by atoms with Crippen LogP contribution in [0.2, 0.25) is 0 Å². The molecule has 1 N–H and O–H groups in total. The monoisotopic (exact) mass is 457 g/mol. The molecular formula is C23H24ClN3O3S. The summed E-state index contributed by atoms with van der Waals surface area (Å²) in [6.07, 6.45) is 3.77. The molecule has 1 heterocycles. The van der Waals surface area contributed by atoms with Crippen molar-refractivity contribution in [1.29, 1.82) is 0 Å². The molecule has 1 aromatic heterocycles. The Balaban J connectivity index is 1.68. The van der Waals surface area contributed by atoms with Crippen LogP contribution in [0.5, 0.6) is 11.5 Å². The van der Waals surface area contributed by atoms with Gasteiger partial charge in [-0.2, -0.15) is 0 Å². The summed E-state index contributed by atoms with van der Waals surface area (Å²) in [6.45, 7) is 3.15. The number of nitrogens with zero attached hydrogens (tertiary/aromatic N) is 2. The summed E-state index contributed by atoms with van der Waals surface area (Å²) in [7, 11) is 1.61. The van der Waals surface area contributed by atoms with Crippen LogP contribution < -0.4 is 14.8 Å². The SMILES string of the molecule is CCCCOc1cc(C=C(Cl)c2nnc(C(=O)NCc3ccccc3)s2)ccc1OC. The summed E-state index contributed by atoms with van der Waals surface area (Å²) in [5.41, 5.74) is 1.84. The highest BCUT2D eigenvalue weighted by Gasteiger charge is 2.15. The number of carbonyl (C=O) groups excluding carboxylic acids is 1. The van der Waals surface area contributed by atoms with Crippen LogP contribution in [0.4, 0.5) is 0 Å². The van der Waals surface area contributed by atoms with Crippen molar-refractivity contribution in [3.8, 4) is 11.5 Å². The highest BCUT2D eigenvalue weighted by molar-refractivity contribution is 7.15. The summed E-state index contributed by atoms with van der Waals surface area (Å²) in [5, 5.41) is 12.0. The molecule has 0 saturated carbocycles. The molecule has 0 atom stereocenters. The van der Waals surface area contributed by atoms with E-state index in [1.54, 1.807) is 13.2 Å². The molecule has 8 heteroatoms. The van der Waals surface area contributed by atoms with Crippen LogP contribution in [0.25, 0.3) is 11.1 Å². The van der Waals surface area contributed by atoms with E-state index in [0.717, 1.165) is 35.3 Å². The van der Waals surface area contributed by atoms with Gasteiger partial charge >= 0.3 is 0 Å². The van der Waals surface area contributed by atoms with Crippen LogP contribution in [0, 0.1) is 0 Å². The Labute approximate surface area is 190 Å². The fraction of sp³-hybridized carbons (Fsp3) is 0.261. The minimum Gasteiger partial charge on any atom is -0.493 e. The predicted molar refractivity (Wildman–Crippen MR) is 125 cm³/mol. The lowest BCUT2D eigenvalue weighted by molar-refractivity contribution is 0.0950. The Morgan fingerprint density at radius 2 is 1.90 bits per heavy atom. The molecule has 0 aliphatic heterocycles. The molecule has 1 amide bonds. The Bertz CT molecular complexity index is 1040. The van der Waals surface area contributed by atoms with E-state index < -0.39 is 0 Å². The van der Waals surface area contributed by atoms with Gasteiger partial charge < -0.3 is 14.8 Å². The third-order valence-electron chi connectivity index (χ3n) is 4.36. The minimum absolute atomic E-state index is 0.260. The third-order valence-corrected chi connectivity index (χ3v) is 5.71. The maximum absolute atomic E-state index is 12.4. The zero-order chi connectivity index (χ0) is 22.1. The number of methoxy groups -OCH3 is 1. The van der Waals surface area contributed by atoms with Gasteiger partial charge in [0.1, 0.15) is 0 Å². The molecule has 0 fully saturated rings. The third kappa shape index (κ3) is 6.54. The Morgan fingerprint density at radius 3 is 2.65 bits per heavy atom. The number of aromatic nitrogens is 2. The van der Waals surface area contributed by atoms with Gasteiger partial charge in [-0.15, -0.1) is 10.2 Å². The van der Waals surface area contributed by atoms with Gasteiger partial charge in [-0.3, -0.25) is 4.79 Å². The van der Waals surface area contributed by atoms with E-state index in [0.29, 0.717) is 34.7 Å². The second-order valence-electron chi connectivity index (χ2n) is 6.69. The maximum atomic E-state index is 12.4. The number of unbranched alkanes of at least 4 members (excludes halogenated alkanes) is 1. The van der Waals surface area contributed by atoms with Crippen LogP contribution in [0.3, 0.4) is 0 Å². The van der Waals surface area contributed by atoms with E-state index in [1.807, 2.05) is 48.5 Å². The minimum atomic E-state index is -0.284. The number of amides is 1. The molecule has 162 valence electrons. The molecule has 0 bridgehead atoms. The van der Waals surface area contributed by atoms with Gasteiger partial charge in [-0.25, -0.2) is 0 Å². The van der Waals surface area contributed by atoms with E-state index >= 15 is 0 Å². The Morgan fingerprint density at radius 1 is 1.13 bits per heavy atom. The van der Waals surface area contributed by atoms with E-state index in [4.69, 9.17) is 21.1 Å². The first-order chi connectivity index (χ1) is 15.1. The maximum Gasteiger partial charge on any atom is 0.282 e. The van der Waals surface area contributed by atoms with Gasteiger partial charge in [0.2, 0.25) is 5.01 Å². The number of halogens is 1. The number of hydrogen-bond donors (Lipinski definition) is 1. The standard InChI is InChI=1S/C23H24ClN3O3S/c1-3-4-12-30-20-14-17(10-11-19(20)29-2)13-18(24)22-26-27-23(31-22)21(28)25-15-16-8-6-5-7-9-16/h5-11,13-14H,3-4,12,15H2,1-2H3,(H,25,28). The lowest BCUT2D eigenvalue weighted by Crippen LogP contribution is -2.22. The van der Waals surface area contributed by atoms with Gasteiger partial charge in [-0.05, 0) is 35.8 Å². The molecule has 2 aromatic carbocycles. The predicted octanol–water partition coefficient (Wildman–Crippen LogP) is 5.39. The molecule has 31 heavy (non-hydrogen) atoms. The molecule has 0 aliphatic carbocycles. The summed E-state index contributed by atoms with van der Waals surface area (Å²) in [5.74, 6) is 1.04. The van der Waals surface area contributed by atoms with Crippen molar-refractivity contribution in [2.24, 2.45) is 0 Å². The topological polar surface area (TPSA) is 73.3 Å². The number of ether oxygens (including phenoxy) is 2. The molecule has 0 aliphatic rings. The van der Waals surface area contributed by atoms with Crippen molar-refractivity contribution < 1.29 is 14.3 Å². The lowest BCUT2D eigenvalue weighted by atomic mass is 10.2. The van der Waals surface area contributed by atoms with E-state index in [2.05, 4.69) is 22.4 Å². The zero-order valence-electron chi connectivity index (χ0n) is 17.4. The van der Waals surface area contributed by atoms with Crippen LogP contribution in [-0.4, -0.2) is 29.8 Å². The van der Waals surface area contributed by atoms with E-state index in [9.17, 15) is 4.79 Å². The number of nitrogens with one attached hydrogen (secondary N) is 1. The van der Waals surface area contributed by atoms with Crippen molar-refractivity contribution in [3.63, 3.8) is 0 Å². The summed E-state index contributed by atoms with van der Waals surface area (Å²) < 4.78 is 11.2. The molecule has 0 unspecified atom stereocenters. The smallest absolute Gasteiger partial charge is 0.282 e. The molecule has 0 saturated heterocycles. The first kappa shape index (κ1) is 22.8. The highest BCUT2D eigenvalue weighted by atomic mass is 35.5. The van der Waals surface area contributed by atoms with Gasteiger partial charge in [0.15, 0.2) is 16.5 Å². The second-order valence-corrected chi connectivity index (χ2v) is 8.07. The normalized spacial score (nSPS) is 11.3. The first-order valence-corrected chi connectivity index (χ1v) is 11.1. The number of benzene rings is 2. The number of carbonyl (C=O) groups is 1.